The second-order valence-corrected chi connectivity index (χ2v) is 6.07. The second kappa shape index (κ2) is 6.06. The monoisotopic (exact) mass is 330 g/mol. The molecule has 1 amide bonds. The molecule has 3 aromatic rings. The lowest BCUT2D eigenvalue weighted by molar-refractivity contribution is 0.101. The van der Waals surface area contributed by atoms with E-state index in [0.29, 0.717) is 23.4 Å². The van der Waals surface area contributed by atoms with Crippen molar-refractivity contribution in [3.05, 3.63) is 77.4 Å². The minimum atomic E-state index is -0.294. The van der Waals surface area contributed by atoms with Gasteiger partial charge in [0.2, 0.25) is 5.88 Å². The first-order valence-electron chi connectivity index (χ1n) is 8.42. The Morgan fingerprint density at radius 1 is 0.920 bits per heavy atom. The molecule has 124 valence electrons. The second-order valence-electron chi connectivity index (χ2n) is 6.07. The summed E-state index contributed by atoms with van der Waals surface area (Å²) in [6.45, 7) is 2.69. The largest absolute Gasteiger partial charge is 0.494 e. The van der Waals surface area contributed by atoms with Crippen LogP contribution in [0.3, 0.4) is 0 Å². The van der Waals surface area contributed by atoms with Crippen molar-refractivity contribution < 1.29 is 9.90 Å². The van der Waals surface area contributed by atoms with E-state index in [9.17, 15) is 9.90 Å². The Balaban J connectivity index is 1.99. The summed E-state index contributed by atoms with van der Waals surface area (Å²) in [5.41, 5.74) is 4.07. The number of nitrogens with zero attached hydrogens (tertiary/aromatic N) is 2. The summed E-state index contributed by atoms with van der Waals surface area (Å²) < 4.78 is 1.83. The number of aliphatic imine (C=N–C) groups is 1. The Morgan fingerprint density at radius 2 is 1.52 bits per heavy atom. The summed E-state index contributed by atoms with van der Waals surface area (Å²) >= 11 is 0. The number of hydrogen-bond acceptors (Lipinski definition) is 2. The van der Waals surface area contributed by atoms with Crippen LogP contribution in [0.4, 0.5) is 0 Å². The van der Waals surface area contributed by atoms with Gasteiger partial charge in [-0.3, -0.25) is 4.79 Å². The topological polar surface area (TPSA) is 54.6 Å². The molecule has 0 bridgehead atoms. The van der Waals surface area contributed by atoms with Gasteiger partial charge < -0.3 is 9.67 Å². The highest BCUT2D eigenvalue weighted by Gasteiger charge is 2.35. The van der Waals surface area contributed by atoms with Gasteiger partial charge in [0, 0.05) is 12.1 Å². The highest BCUT2D eigenvalue weighted by Crippen LogP contribution is 2.41. The smallest absolute Gasteiger partial charge is 0.280 e. The van der Waals surface area contributed by atoms with Crippen LogP contribution in [0.25, 0.3) is 11.3 Å². The van der Waals surface area contributed by atoms with Crippen LogP contribution in [0.1, 0.15) is 34.8 Å². The Hall–Kier alpha value is -3.14. The van der Waals surface area contributed by atoms with Gasteiger partial charge in [-0.1, -0.05) is 67.6 Å². The maximum absolute atomic E-state index is 12.7. The molecule has 4 heteroatoms. The van der Waals surface area contributed by atoms with Crippen molar-refractivity contribution in [2.45, 2.75) is 19.9 Å². The average Bonchev–Trinajstić information content (AvgIpc) is 3.13. The van der Waals surface area contributed by atoms with E-state index < -0.39 is 0 Å². The zero-order chi connectivity index (χ0) is 17.4. The van der Waals surface area contributed by atoms with E-state index in [1.807, 2.05) is 72.2 Å². The number of carbonyl (C=O) groups is 1. The molecule has 25 heavy (non-hydrogen) atoms. The molecule has 0 spiro atoms. The summed E-state index contributed by atoms with van der Waals surface area (Å²) in [6, 6.07) is 19.2. The zero-order valence-corrected chi connectivity index (χ0v) is 13.9. The van der Waals surface area contributed by atoms with Crippen molar-refractivity contribution in [1.82, 2.24) is 4.57 Å². The summed E-state index contributed by atoms with van der Waals surface area (Å²) in [6.07, 6.45) is 0.854. The lowest BCUT2D eigenvalue weighted by Gasteiger charge is -2.11. The minimum absolute atomic E-state index is 0.115. The third-order valence-corrected chi connectivity index (χ3v) is 4.44. The molecule has 1 N–H and O–H groups in total. The van der Waals surface area contributed by atoms with E-state index in [-0.39, 0.29) is 11.8 Å². The molecule has 1 aromatic heterocycles. The summed E-state index contributed by atoms with van der Waals surface area (Å²) in [7, 11) is 0. The molecule has 4 nitrogen and oxygen atoms in total. The van der Waals surface area contributed by atoms with Gasteiger partial charge in [0.25, 0.3) is 5.91 Å². The number of rotatable bonds is 4. The number of aromatic hydroxyl groups is 1. The lowest BCUT2D eigenvalue weighted by atomic mass is 10.0. The highest BCUT2D eigenvalue weighted by molar-refractivity contribution is 6.30. The third-order valence-electron chi connectivity index (χ3n) is 4.44. The Bertz CT molecular complexity index is 970. The molecule has 0 unspecified atom stereocenters. The quantitative estimate of drug-likeness (QED) is 0.777. The van der Waals surface area contributed by atoms with Gasteiger partial charge in [-0.25, -0.2) is 4.99 Å². The molecule has 0 fully saturated rings. The van der Waals surface area contributed by atoms with Gasteiger partial charge in [-0.15, -0.1) is 0 Å². The van der Waals surface area contributed by atoms with E-state index >= 15 is 0 Å². The first-order valence-corrected chi connectivity index (χ1v) is 8.42. The number of hydrogen-bond donors (Lipinski definition) is 1. The van der Waals surface area contributed by atoms with Crippen molar-refractivity contribution >= 4 is 11.6 Å². The Labute approximate surface area is 146 Å². The minimum Gasteiger partial charge on any atom is -0.494 e. The molecule has 1 aliphatic heterocycles. The predicted octanol–water partition coefficient (Wildman–Crippen LogP) is 4.26. The number of carbonyl (C=O) groups excluding carboxylic acids is 1. The first-order chi connectivity index (χ1) is 12.2. The van der Waals surface area contributed by atoms with Crippen molar-refractivity contribution in [2.24, 2.45) is 4.99 Å². The predicted molar refractivity (Wildman–Crippen MR) is 98.2 cm³/mol. The normalized spacial score (nSPS) is 13.0. The van der Waals surface area contributed by atoms with Gasteiger partial charge in [-0.05, 0) is 12.0 Å². The number of amides is 1. The number of benzene rings is 2. The van der Waals surface area contributed by atoms with Crippen molar-refractivity contribution in [2.75, 3.05) is 0 Å². The van der Waals surface area contributed by atoms with Crippen LogP contribution in [-0.4, -0.2) is 21.3 Å². The summed E-state index contributed by atoms with van der Waals surface area (Å²) in [5.74, 6) is -0.179. The molecule has 2 aromatic carbocycles. The van der Waals surface area contributed by atoms with E-state index in [4.69, 9.17) is 0 Å². The Kier molecular flexibility index (Phi) is 3.73. The number of aromatic nitrogens is 1. The van der Waals surface area contributed by atoms with Crippen LogP contribution in [-0.2, 0) is 6.54 Å². The van der Waals surface area contributed by atoms with E-state index in [0.717, 1.165) is 23.2 Å². The van der Waals surface area contributed by atoms with Crippen molar-refractivity contribution in [3.63, 3.8) is 0 Å². The fraction of sp³-hybridized carbons (Fsp3) is 0.143. The molecule has 0 atom stereocenters. The van der Waals surface area contributed by atoms with E-state index in [1.165, 1.54) is 0 Å². The van der Waals surface area contributed by atoms with E-state index in [2.05, 4.69) is 4.99 Å². The molecule has 0 saturated heterocycles. The average molecular weight is 330 g/mol. The van der Waals surface area contributed by atoms with Crippen molar-refractivity contribution in [3.8, 4) is 17.1 Å². The van der Waals surface area contributed by atoms with Gasteiger partial charge in [-0.2, -0.15) is 0 Å². The molecule has 1 aliphatic rings. The maximum Gasteiger partial charge on any atom is 0.280 e. The van der Waals surface area contributed by atoms with Crippen LogP contribution in [0.15, 0.2) is 65.7 Å². The van der Waals surface area contributed by atoms with Crippen LogP contribution >= 0.6 is 0 Å². The number of fused-ring (bicyclic) bond motifs is 1. The molecular formula is C21H18N2O2. The fourth-order valence-corrected chi connectivity index (χ4v) is 3.39. The summed E-state index contributed by atoms with van der Waals surface area (Å²) in [4.78, 5) is 16.9. The van der Waals surface area contributed by atoms with Gasteiger partial charge in [0.05, 0.1) is 22.5 Å². The van der Waals surface area contributed by atoms with Gasteiger partial charge >= 0.3 is 0 Å². The standard InChI is InChI=1S/C21H18N2O2/c1-2-13-23-19(15-11-7-4-8-12-15)17-16(21(23)25)18(22-20(17)24)14-9-5-3-6-10-14/h3-12,25H,2,13H2,1H3. The van der Waals surface area contributed by atoms with Gasteiger partial charge in [0.1, 0.15) is 0 Å². The molecule has 0 aliphatic carbocycles. The maximum atomic E-state index is 12.7. The molecule has 0 saturated carbocycles. The molecular weight excluding hydrogens is 312 g/mol. The molecule has 4 rings (SSSR count). The molecule has 0 radical (unpaired) electrons. The summed E-state index contributed by atoms with van der Waals surface area (Å²) in [5, 5.41) is 10.9. The van der Waals surface area contributed by atoms with Gasteiger partial charge in [0.15, 0.2) is 0 Å². The van der Waals surface area contributed by atoms with Crippen LogP contribution in [0.2, 0.25) is 0 Å². The SMILES string of the molecule is CCCn1c(O)c2c(c1-c1ccccc1)C(=O)N=C2c1ccccc1. The van der Waals surface area contributed by atoms with Crippen LogP contribution < -0.4 is 0 Å². The van der Waals surface area contributed by atoms with E-state index in [1.54, 1.807) is 0 Å². The third kappa shape index (κ3) is 2.38. The fourth-order valence-electron chi connectivity index (χ4n) is 3.39. The lowest BCUT2D eigenvalue weighted by Crippen LogP contribution is -2.03. The van der Waals surface area contributed by atoms with Crippen LogP contribution in [0, 0.1) is 0 Å². The van der Waals surface area contributed by atoms with Crippen LogP contribution in [0.5, 0.6) is 5.88 Å². The Morgan fingerprint density at radius 3 is 2.12 bits per heavy atom. The zero-order valence-electron chi connectivity index (χ0n) is 13.9. The first kappa shape index (κ1) is 15.4. The van der Waals surface area contributed by atoms with Crippen molar-refractivity contribution in [1.29, 1.82) is 0 Å². The highest BCUT2D eigenvalue weighted by atomic mass is 16.3. The molecule has 2 heterocycles.